The van der Waals surface area contributed by atoms with Crippen molar-refractivity contribution in [3.05, 3.63) is 47.4 Å². The summed E-state index contributed by atoms with van der Waals surface area (Å²) >= 11 is 5.75. The van der Waals surface area contributed by atoms with Gasteiger partial charge in [-0.05, 0) is 36.8 Å². The highest BCUT2D eigenvalue weighted by Crippen LogP contribution is 2.40. The summed E-state index contributed by atoms with van der Waals surface area (Å²) < 4.78 is 19.5. The lowest BCUT2D eigenvalue weighted by molar-refractivity contribution is -0.125. The van der Waals surface area contributed by atoms with Gasteiger partial charge < -0.3 is 20.3 Å². The molecule has 1 saturated carbocycles. The predicted octanol–water partition coefficient (Wildman–Crippen LogP) is 2.45. The van der Waals surface area contributed by atoms with E-state index in [0.717, 1.165) is 0 Å². The third-order valence-corrected chi connectivity index (χ3v) is 5.17. The van der Waals surface area contributed by atoms with E-state index in [0.29, 0.717) is 36.1 Å². The van der Waals surface area contributed by atoms with Gasteiger partial charge in [-0.2, -0.15) is 0 Å². The van der Waals surface area contributed by atoms with Crippen LogP contribution in [-0.2, 0) is 19.1 Å². The molecule has 2 heterocycles. The number of carbonyl (C=O) groups excluding carboxylic acids is 3. The highest BCUT2D eigenvalue weighted by atomic mass is 35.5. The molecule has 8 nitrogen and oxygen atoms in total. The second-order valence-electron chi connectivity index (χ2n) is 7.05. The Labute approximate surface area is 176 Å². The van der Waals surface area contributed by atoms with Gasteiger partial charge in [0.25, 0.3) is 5.91 Å². The van der Waals surface area contributed by atoms with Crippen molar-refractivity contribution in [2.75, 3.05) is 35.3 Å². The molecule has 1 aliphatic carbocycles. The van der Waals surface area contributed by atoms with Crippen molar-refractivity contribution in [3.63, 3.8) is 0 Å². The van der Waals surface area contributed by atoms with Gasteiger partial charge in [0.2, 0.25) is 11.8 Å². The topological polar surface area (TPSA) is 101 Å². The summed E-state index contributed by atoms with van der Waals surface area (Å²) in [6, 6.07) is 7.32. The second kappa shape index (κ2) is 8.37. The van der Waals surface area contributed by atoms with E-state index < -0.39 is 23.6 Å². The molecule has 1 unspecified atom stereocenters. The van der Waals surface area contributed by atoms with Gasteiger partial charge in [0.15, 0.2) is 0 Å². The Morgan fingerprint density at radius 1 is 1.17 bits per heavy atom. The van der Waals surface area contributed by atoms with E-state index in [9.17, 15) is 18.8 Å². The quantitative estimate of drug-likeness (QED) is 0.755. The van der Waals surface area contributed by atoms with Crippen LogP contribution in [0.5, 0.6) is 0 Å². The number of benzene rings is 1. The number of aromatic nitrogens is 1. The number of hydrogen-bond donors (Lipinski definition) is 2. The van der Waals surface area contributed by atoms with E-state index in [1.807, 2.05) is 0 Å². The lowest BCUT2D eigenvalue weighted by atomic mass is 10.2. The van der Waals surface area contributed by atoms with Gasteiger partial charge >= 0.3 is 0 Å². The minimum absolute atomic E-state index is 0.00474. The molecule has 0 bridgehead atoms. The van der Waals surface area contributed by atoms with Gasteiger partial charge in [-0.15, -0.1) is 0 Å². The number of hydrogen-bond acceptors (Lipinski definition) is 5. The van der Waals surface area contributed by atoms with E-state index in [1.165, 1.54) is 23.2 Å². The molecule has 2 aromatic rings. The number of anilines is 3. The predicted molar refractivity (Wildman–Crippen MR) is 108 cm³/mol. The second-order valence-corrected chi connectivity index (χ2v) is 7.49. The van der Waals surface area contributed by atoms with Crippen LogP contribution in [0.15, 0.2) is 36.5 Å². The molecule has 3 amide bonds. The SMILES string of the molecule is O=C(Nc1ccc(N2CCOCC2=O)cc1F)C1C[C@@H]1C(=O)Nc1ccc(Cl)cn1. The highest BCUT2D eigenvalue weighted by molar-refractivity contribution is 6.30. The Kier molecular flexibility index (Phi) is 5.65. The zero-order valence-corrected chi connectivity index (χ0v) is 16.5. The monoisotopic (exact) mass is 432 g/mol. The van der Waals surface area contributed by atoms with Crippen LogP contribution in [0.1, 0.15) is 6.42 Å². The Bertz CT molecular complexity index is 1000. The summed E-state index contributed by atoms with van der Waals surface area (Å²) in [6.45, 7) is 0.671. The number of nitrogens with zero attached hydrogens (tertiary/aromatic N) is 2. The van der Waals surface area contributed by atoms with Crippen LogP contribution in [-0.4, -0.2) is 42.5 Å². The van der Waals surface area contributed by atoms with Crippen LogP contribution < -0.4 is 15.5 Å². The molecule has 1 aliphatic heterocycles. The molecule has 2 fully saturated rings. The van der Waals surface area contributed by atoms with Crippen molar-refractivity contribution in [1.29, 1.82) is 0 Å². The van der Waals surface area contributed by atoms with Crippen molar-refractivity contribution in [2.45, 2.75) is 6.42 Å². The number of amides is 3. The molecule has 2 N–H and O–H groups in total. The molecule has 0 spiro atoms. The molecule has 10 heteroatoms. The van der Waals surface area contributed by atoms with Crippen molar-refractivity contribution in [1.82, 2.24) is 4.98 Å². The van der Waals surface area contributed by atoms with Crippen LogP contribution in [0.25, 0.3) is 0 Å². The largest absolute Gasteiger partial charge is 0.370 e. The molecule has 1 aromatic heterocycles. The molecular formula is C20H18ClFN4O4. The maximum Gasteiger partial charge on any atom is 0.253 e. The van der Waals surface area contributed by atoms with Crippen LogP contribution in [0.4, 0.5) is 21.6 Å². The Hall–Kier alpha value is -3.04. The standard InChI is InChI=1S/C20H18ClFN4O4/c21-11-1-4-17(23-9-11)25-20(29)14-8-13(14)19(28)24-16-3-2-12(7-15(16)22)26-5-6-30-10-18(26)27/h1-4,7,9,13-14H,5-6,8,10H2,(H,24,28)(H,23,25,29)/t13?,14-/m0/s1. The Morgan fingerprint density at radius 3 is 2.60 bits per heavy atom. The average Bonchev–Trinajstić information content (AvgIpc) is 3.53. The summed E-state index contributed by atoms with van der Waals surface area (Å²) in [5.41, 5.74) is 0.396. The lowest BCUT2D eigenvalue weighted by Gasteiger charge is -2.27. The summed E-state index contributed by atoms with van der Waals surface area (Å²) in [5, 5.41) is 5.59. The first-order valence-corrected chi connectivity index (χ1v) is 9.71. The molecule has 1 saturated heterocycles. The first-order valence-electron chi connectivity index (χ1n) is 9.33. The normalized spacial score (nSPS) is 20.6. The number of ether oxygens (including phenoxy) is 1. The van der Waals surface area contributed by atoms with Crippen molar-refractivity contribution >= 4 is 46.5 Å². The molecule has 2 aliphatic rings. The zero-order chi connectivity index (χ0) is 21.3. The molecule has 30 heavy (non-hydrogen) atoms. The van der Waals surface area contributed by atoms with Gasteiger partial charge in [0.05, 0.1) is 29.2 Å². The number of halogens is 2. The minimum atomic E-state index is -0.660. The van der Waals surface area contributed by atoms with Gasteiger partial charge in [0.1, 0.15) is 18.2 Å². The van der Waals surface area contributed by atoms with Gasteiger partial charge in [-0.25, -0.2) is 9.37 Å². The van der Waals surface area contributed by atoms with Gasteiger partial charge in [0, 0.05) is 18.4 Å². The van der Waals surface area contributed by atoms with E-state index in [4.69, 9.17) is 16.3 Å². The number of nitrogens with one attached hydrogen (secondary N) is 2. The Balaban J connectivity index is 1.34. The zero-order valence-electron chi connectivity index (χ0n) is 15.7. The molecule has 4 rings (SSSR count). The average molecular weight is 433 g/mol. The third-order valence-electron chi connectivity index (χ3n) is 4.95. The minimum Gasteiger partial charge on any atom is -0.370 e. The summed E-state index contributed by atoms with van der Waals surface area (Å²) in [6.07, 6.45) is 1.78. The van der Waals surface area contributed by atoms with E-state index in [-0.39, 0.29) is 24.1 Å². The van der Waals surface area contributed by atoms with Crippen molar-refractivity contribution in [2.24, 2.45) is 11.8 Å². The van der Waals surface area contributed by atoms with E-state index in [2.05, 4.69) is 15.6 Å². The fraction of sp³-hybridized carbons (Fsp3) is 0.300. The van der Waals surface area contributed by atoms with Crippen molar-refractivity contribution in [3.8, 4) is 0 Å². The summed E-state index contributed by atoms with van der Waals surface area (Å²) in [4.78, 5) is 42.0. The number of pyridine rings is 1. The maximum absolute atomic E-state index is 14.5. The van der Waals surface area contributed by atoms with Crippen LogP contribution in [0.2, 0.25) is 5.02 Å². The molecular weight excluding hydrogens is 415 g/mol. The summed E-state index contributed by atoms with van der Waals surface area (Å²) in [7, 11) is 0. The van der Waals surface area contributed by atoms with Gasteiger partial charge in [-0.3, -0.25) is 14.4 Å². The van der Waals surface area contributed by atoms with E-state index in [1.54, 1.807) is 18.2 Å². The van der Waals surface area contributed by atoms with Crippen LogP contribution >= 0.6 is 11.6 Å². The van der Waals surface area contributed by atoms with Crippen LogP contribution in [0.3, 0.4) is 0 Å². The first-order chi connectivity index (χ1) is 14.4. The van der Waals surface area contributed by atoms with Crippen LogP contribution in [0, 0.1) is 17.7 Å². The fourth-order valence-electron chi connectivity index (χ4n) is 3.23. The molecule has 2 atom stereocenters. The number of carbonyl (C=O) groups is 3. The molecule has 156 valence electrons. The molecule has 1 aromatic carbocycles. The lowest BCUT2D eigenvalue weighted by Crippen LogP contribution is -2.41. The maximum atomic E-state index is 14.5. The van der Waals surface area contributed by atoms with E-state index >= 15 is 0 Å². The van der Waals surface area contributed by atoms with Crippen molar-refractivity contribution < 1.29 is 23.5 Å². The smallest absolute Gasteiger partial charge is 0.253 e. The molecule has 0 radical (unpaired) electrons. The van der Waals surface area contributed by atoms with Gasteiger partial charge in [-0.1, -0.05) is 11.6 Å². The first kappa shape index (κ1) is 20.2. The fourth-order valence-corrected chi connectivity index (χ4v) is 3.34. The Morgan fingerprint density at radius 2 is 1.93 bits per heavy atom. The number of rotatable bonds is 5. The third kappa shape index (κ3) is 4.42. The highest BCUT2D eigenvalue weighted by Gasteiger charge is 2.48. The summed E-state index contributed by atoms with van der Waals surface area (Å²) in [5.74, 6) is -2.38. The number of morpholine rings is 1.